The number of ether oxygens (including phenoxy) is 2. The third kappa shape index (κ3) is 3.55. The van der Waals surface area contributed by atoms with E-state index in [9.17, 15) is 9.59 Å². The van der Waals surface area contributed by atoms with Gasteiger partial charge in [-0.15, -0.1) is 0 Å². The Bertz CT molecular complexity index is 1040. The minimum Gasteiger partial charge on any atom is -0.454 e. The number of benzene rings is 2. The van der Waals surface area contributed by atoms with Gasteiger partial charge in [0.15, 0.2) is 11.5 Å². The molecule has 5 rings (SSSR count). The van der Waals surface area contributed by atoms with Crippen LogP contribution >= 0.6 is 11.6 Å². The molecule has 3 amide bonds. The maximum Gasteiger partial charge on any atom is 0.326 e. The van der Waals surface area contributed by atoms with Gasteiger partial charge in [0.1, 0.15) is 5.54 Å². The maximum absolute atomic E-state index is 13.3. The number of anilines is 1. The summed E-state index contributed by atoms with van der Waals surface area (Å²) < 4.78 is 10.8. The Hall–Kier alpha value is -2.97. The summed E-state index contributed by atoms with van der Waals surface area (Å²) in [6.45, 7) is 5.21. The molecule has 31 heavy (non-hydrogen) atoms. The summed E-state index contributed by atoms with van der Waals surface area (Å²) in [7, 11) is 0. The summed E-state index contributed by atoms with van der Waals surface area (Å²) in [4.78, 5) is 31.6. The molecule has 0 spiro atoms. The Balaban J connectivity index is 1.25. The molecule has 3 aliphatic heterocycles. The normalized spacial score (nSPS) is 23.4. The number of halogens is 1. The fraction of sp³-hybridized carbons (Fsp3) is 0.364. The summed E-state index contributed by atoms with van der Waals surface area (Å²) in [5.41, 5.74) is 0.613. The van der Waals surface area contributed by atoms with Crippen LogP contribution in [0.5, 0.6) is 11.5 Å². The Morgan fingerprint density at radius 1 is 1.03 bits per heavy atom. The van der Waals surface area contributed by atoms with E-state index in [-0.39, 0.29) is 25.4 Å². The van der Waals surface area contributed by atoms with E-state index in [1.807, 2.05) is 24.3 Å². The molecular weight excluding hydrogens is 420 g/mol. The molecule has 0 aliphatic carbocycles. The molecule has 2 saturated heterocycles. The molecule has 0 radical (unpaired) electrons. The Kier molecular flexibility index (Phi) is 4.91. The summed E-state index contributed by atoms with van der Waals surface area (Å²) in [5, 5.41) is 3.57. The highest BCUT2D eigenvalue weighted by Crippen LogP contribution is 2.38. The van der Waals surface area contributed by atoms with Crippen LogP contribution in [0, 0.1) is 0 Å². The van der Waals surface area contributed by atoms with Gasteiger partial charge in [-0.2, -0.15) is 0 Å². The molecule has 1 atom stereocenters. The van der Waals surface area contributed by atoms with E-state index in [4.69, 9.17) is 21.1 Å². The first-order valence-corrected chi connectivity index (χ1v) is 10.6. The number of rotatable bonds is 4. The zero-order chi connectivity index (χ0) is 21.6. The van der Waals surface area contributed by atoms with E-state index in [1.165, 1.54) is 4.90 Å². The van der Waals surface area contributed by atoms with Crippen LogP contribution in [0.3, 0.4) is 0 Å². The number of nitrogens with zero attached hydrogens (tertiary/aromatic N) is 3. The van der Waals surface area contributed by atoms with Crippen molar-refractivity contribution in [2.24, 2.45) is 0 Å². The number of piperazine rings is 1. The van der Waals surface area contributed by atoms with E-state index in [0.29, 0.717) is 22.1 Å². The third-order valence-electron chi connectivity index (χ3n) is 6.11. The first-order chi connectivity index (χ1) is 14.9. The topological polar surface area (TPSA) is 74.4 Å². The number of hydrogen-bond acceptors (Lipinski definition) is 6. The van der Waals surface area contributed by atoms with Crippen molar-refractivity contribution in [2.75, 3.05) is 44.5 Å². The van der Waals surface area contributed by atoms with E-state index < -0.39 is 5.54 Å². The molecule has 1 N–H and O–H groups in total. The van der Waals surface area contributed by atoms with Crippen molar-refractivity contribution < 1.29 is 19.1 Å². The lowest BCUT2D eigenvalue weighted by Gasteiger charge is -2.37. The van der Waals surface area contributed by atoms with Crippen molar-refractivity contribution in [1.82, 2.24) is 15.1 Å². The number of urea groups is 1. The molecule has 2 aromatic carbocycles. The number of hydrogen-bond donors (Lipinski definition) is 1. The number of carbonyl (C=O) groups is 2. The van der Waals surface area contributed by atoms with Gasteiger partial charge in [0.05, 0.1) is 6.67 Å². The predicted octanol–water partition coefficient (Wildman–Crippen LogP) is 2.62. The second-order valence-corrected chi connectivity index (χ2v) is 8.52. The SMILES string of the molecule is CC1(c2ccc3c(c2)OCO3)NC(=O)N(CN2CCN(c3cccc(Cl)c3)CC2)C1=O. The monoisotopic (exact) mass is 442 g/mol. The van der Waals surface area contributed by atoms with Crippen LogP contribution < -0.4 is 19.7 Å². The largest absolute Gasteiger partial charge is 0.454 e. The molecule has 3 aliphatic rings. The highest BCUT2D eigenvalue weighted by molar-refractivity contribution is 6.30. The maximum atomic E-state index is 13.3. The van der Waals surface area contributed by atoms with Crippen LogP contribution in [0.2, 0.25) is 5.02 Å². The molecule has 8 nitrogen and oxygen atoms in total. The van der Waals surface area contributed by atoms with Gasteiger partial charge in [-0.05, 0) is 42.8 Å². The molecule has 0 saturated carbocycles. The van der Waals surface area contributed by atoms with Crippen LogP contribution in [0.15, 0.2) is 42.5 Å². The lowest BCUT2D eigenvalue weighted by atomic mass is 9.92. The molecule has 3 heterocycles. The van der Waals surface area contributed by atoms with Gasteiger partial charge in [0, 0.05) is 36.9 Å². The Morgan fingerprint density at radius 3 is 2.58 bits per heavy atom. The summed E-state index contributed by atoms with van der Waals surface area (Å²) in [6.07, 6.45) is 0. The van der Waals surface area contributed by atoms with E-state index in [0.717, 1.165) is 31.9 Å². The average Bonchev–Trinajstić information content (AvgIpc) is 3.32. The third-order valence-corrected chi connectivity index (χ3v) is 6.35. The average molecular weight is 443 g/mol. The molecule has 0 bridgehead atoms. The van der Waals surface area contributed by atoms with Gasteiger partial charge < -0.3 is 19.7 Å². The molecule has 1 unspecified atom stereocenters. The molecular formula is C22H23ClN4O4. The first kappa shape index (κ1) is 20.0. The van der Waals surface area contributed by atoms with E-state index in [2.05, 4.69) is 15.1 Å². The van der Waals surface area contributed by atoms with Crippen LogP contribution in [-0.4, -0.2) is 61.4 Å². The van der Waals surface area contributed by atoms with Crippen molar-refractivity contribution in [3.8, 4) is 11.5 Å². The first-order valence-electron chi connectivity index (χ1n) is 10.2. The van der Waals surface area contributed by atoms with Gasteiger partial charge in [-0.3, -0.25) is 9.69 Å². The van der Waals surface area contributed by atoms with Gasteiger partial charge in [0.2, 0.25) is 6.79 Å². The molecule has 2 fully saturated rings. The van der Waals surface area contributed by atoms with Crippen LogP contribution in [0.4, 0.5) is 10.5 Å². The van der Waals surface area contributed by atoms with Crippen molar-refractivity contribution in [2.45, 2.75) is 12.5 Å². The van der Waals surface area contributed by atoms with Crippen LogP contribution in [0.25, 0.3) is 0 Å². The lowest BCUT2D eigenvalue weighted by Crippen LogP contribution is -2.51. The summed E-state index contributed by atoms with van der Waals surface area (Å²) in [5.74, 6) is 0.948. The van der Waals surface area contributed by atoms with E-state index >= 15 is 0 Å². The smallest absolute Gasteiger partial charge is 0.326 e. The highest BCUT2D eigenvalue weighted by Gasteiger charge is 2.49. The van der Waals surface area contributed by atoms with Gasteiger partial charge in [-0.1, -0.05) is 23.7 Å². The van der Waals surface area contributed by atoms with Gasteiger partial charge in [0.25, 0.3) is 5.91 Å². The molecule has 0 aromatic heterocycles. The lowest BCUT2D eigenvalue weighted by molar-refractivity contribution is -0.132. The standard InChI is InChI=1S/C22H23ClN4O4/c1-22(15-5-6-18-19(11-15)31-14-30-18)20(28)27(21(29)24-22)13-25-7-9-26(10-8-25)17-4-2-3-16(23)12-17/h2-6,11-12H,7-10,13-14H2,1H3,(H,24,29). The number of nitrogens with one attached hydrogen (secondary N) is 1. The van der Waals surface area contributed by atoms with Crippen molar-refractivity contribution in [3.63, 3.8) is 0 Å². The predicted molar refractivity (Wildman–Crippen MR) is 115 cm³/mol. The molecule has 2 aromatic rings. The van der Waals surface area contributed by atoms with Gasteiger partial charge in [-0.25, -0.2) is 9.69 Å². The fourth-order valence-electron chi connectivity index (χ4n) is 4.25. The Labute approximate surface area is 185 Å². The quantitative estimate of drug-likeness (QED) is 0.734. The van der Waals surface area contributed by atoms with Crippen LogP contribution in [-0.2, 0) is 10.3 Å². The molecule has 162 valence electrons. The van der Waals surface area contributed by atoms with E-state index in [1.54, 1.807) is 25.1 Å². The zero-order valence-corrected chi connectivity index (χ0v) is 17.9. The van der Waals surface area contributed by atoms with Crippen molar-refractivity contribution >= 4 is 29.2 Å². The number of imide groups is 1. The number of amides is 3. The van der Waals surface area contributed by atoms with Crippen molar-refractivity contribution in [1.29, 1.82) is 0 Å². The van der Waals surface area contributed by atoms with Gasteiger partial charge >= 0.3 is 6.03 Å². The highest BCUT2D eigenvalue weighted by atomic mass is 35.5. The minimum absolute atomic E-state index is 0.156. The summed E-state index contributed by atoms with van der Waals surface area (Å²) in [6, 6.07) is 12.7. The van der Waals surface area contributed by atoms with Crippen molar-refractivity contribution in [3.05, 3.63) is 53.1 Å². The van der Waals surface area contributed by atoms with Crippen LogP contribution in [0.1, 0.15) is 12.5 Å². The Morgan fingerprint density at radius 2 is 1.81 bits per heavy atom. The fourth-order valence-corrected chi connectivity index (χ4v) is 4.43. The zero-order valence-electron chi connectivity index (χ0n) is 17.1. The number of carbonyl (C=O) groups excluding carboxylic acids is 2. The summed E-state index contributed by atoms with van der Waals surface area (Å²) >= 11 is 6.11. The second-order valence-electron chi connectivity index (χ2n) is 8.08. The molecule has 9 heteroatoms. The minimum atomic E-state index is -1.14. The number of fused-ring (bicyclic) bond motifs is 1. The second kappa shape index (κ2) is 7.62.